The van der Waals surface area contributed by atoms with Gasteiger partial charge in [0.15, 0.2) is 0 Å². The number of aromatic hydroxyl groups is 2. The van der Waals surface area contributed by atoms with E-state index in [4.69, 9.17) is 19.5 Å². The molecule has 0 unspecified atom stereocenters. The van der Waals surface area contributed by atoms with E-state index in [1.165, 1.54) is 11.1 Å². The Morgan fingerprint density at radius 1 is 0.652 bits per heavy atom. The zero-order valence-electron chi connectivity index (χ0n) is 29.0. The summed E-state index contributed by atoms with van der Waals surface area (Å²) in [5.41, 5.74) is 5.41. The molecule has 2 aromatic carbocycles. The Morgan fingerprint density at radius 2 is 1.02 bits per heavy atom. The van der Waals surface area contributed by atoms with Gasteiger partial charge in [-0.1, -0.05) is 66.5 Å². The molecule has 0 aromatic heterocycles. The summed E-state index contributed by atoms with van der Waals surface area (Å²) in [4.78, 5) is 15.0. The molecule has 3 aliphatic rings. The van der Waals surface area contributed by atoms with Crippen LogP contribution in [0.3, 0.4) is 0 Å². The van der Waals surface area contributed by atoms with Crippen molar-refractivity contribution >= 4 is 12.4 Å². The number of morpholine rings is 2. The van der Waals surface area contributed by atoms with Gasteiger partial charge in [0, 0.05) is 74.0 Å². The van der Waals surface area contributed by atoms with Gasteiger partial charge in [0.25, 0.3) is 0 Å². The summed E-state index contributed by atoms with van der Waals surface area (Å²) in [6.07, 6.45) is 7.88. The normalized spacial score (nSPS) is 22.7. The molecule has 1 saturated carbocycles. The molecular weight excluding hydrogens is 576 g/mol. The average molecular weight is 633 g/mol. The molecular formula is C38H56N4O4. The van der Waals surface area contributed by atoms with Crippen LogP contribution in [0.4, 0.5) is 0 Å². The molecule has 0 bridgehead atoms. The van der Waals surface area contributed by atoms with Gasteiger partial charge >= 0.3 is 0 Å². The Morgan fingerprint density at radius 3 is 1.37 bits per heavy atom. The van der Waals surface area contributed by atoms with Gasteiger partial charge in [0.2, 0.25) is 0 Å². The van der Waals surface area contributed by atoms with Gasteiger partial charge in [-0.25, -0.2) is 0 Å². The van der Waals surface area contributed by atoms with Crippen molar-refractivity contribution in [1.29, 1.82) is 0 Å². The standard InChI is InChI=1S/C38H56N4O4/c1-37(2,3)31-21-27(25-41-11-15-45-16-12-41)19-29(35(31)43)23-39-33-9-7-8-10-34(33)40-24-30-20-28(26-42-13-17-46-18-14-42)22-32(36(30)44)38(4,5)6/h19-24,33-34,43-44H,7-18,25-26H2,1-6H3/t33-,34-/m0/s1. The second-order valence-electron chi connectivity index (χ2n) is 15.4. The van der Waals surface area contributed by atoms with Gasteiger partial charge in [-0.15, -0.1) is 0 Å². The molecule has 3 fully saturated rings. The third kappa shape index (κ3) is 8.97. The fraction of sp³-hybridized carbons (Fsp3) is 0.632. The minimum Gasteiger partial charge on any atom is -0.507 e. The Labute approximate surface area is 276 Å². The number of phenols is 2. The second kappa shape index (κ2) is 15.0. The Bertz CT molecular complexity index is 1270. The summed E-state index contributed by atoms with van der Waals surface area (Å²) in [5.74, 6) is 0.629. The Balaban J connectivity index is 1.39. The lowest BCUT2D eigenvalue weighted by Crippen LogP contribution is -2.35. The molecule has 8 nitrogen and oxygen atoms in total. The molecule has 2 saturated heterocycles. The molecule has 0 spiro atoms. The van der Waals surface area contributed by atoms with E-state index >= 15 is 0 Å². The third-order valence-corrected chi connectivity index (χ3v) is 9.54. The Kier molecular flexibility index (Phi) is 11.2. The maximum Gasteiger partial charge on any atom is 0.128 e. The van der Waals surface area contributed by atoms with Crippen LogP contribution >= 0.6 is 0 Å². The second-order valence-corrected chi connectivity index (χ2v) is 15.4. The van der Waals surface area contributed by atoms with Crippen molar-refractivity contribution in [1.82, 2.24) is 9.80 Å². The van der Waals surface area contributed by atoms with E-state index < -0.39 is 0 Å². The number of ether oxygens (including phenoxy) is 2. The van der Waals surface area contributed by atoms with Crippen molar-refractivity contribution in [2.24, 2.45) is 9.98 Å². The molecule has 0 radical (unpaired) electrons. The van der Waals surface area contributed by atoms with Crippen LogP contribution in [-0.4, -0.2) is 97.1 Å². The van der Waals surface area contributed by atoms with Crippen LogP contribution in [0.5, 0.6) is 11.5 Å². The summed E-state index contributed by atoms with van der Waals surface area (Å²) in [6, 6.07) is 8.54. The average Bonchev–Trinajstić information content (AvgIpc) is 3.01. The van der Waals surface area contributed by atoms with E-state index in [9.17, 15) is 10.2 Å². The molecule has 2 heterocycles. The lowest BCUT2D eigenvalue weighted by atomic mass is 9.84. The van der Waals surface area contributed by atoms with Crippen LogP contribution in [0.2, 0.25) is 0 Å². The Hall–Kier alpha value is -2.78. The molecule has 0 amide bonds. The first-order valence-corrected chi connectivity index (χ1v) is 17.3. The number of hydrogen-bond donors (Lipinski definition) is 2. The van der Waals surface area contributed by atoms with Crippen molar-refractivity contribution in [2.45, 2.75) is 103 Å². The van der Waals surface area contributed by atoms with Crippen LogP contribution in [0.15, 0.2) is 34.3 Å². The first-order chi connectivity index (χ1) is 21.9. The van der Waals surface area contributed by atoms with Gasteiger partial charge in [0.05, 0.1) is 38.5 Å². The minimum absolute atomic E-state index is 0.0196. The highest BCUT2D eigenvalue weighted by Crippen LogP contribution is 2.36. The van der Waals surface area contributed by atoms with Crippen LogP contribution in [0, 0.1) is 0 Å². The van der Waals surface area contributed by atoms with Crippen LogP contribution in [-0.2, 0) is 33.4 Å². The van der Waals surface area contributed by atoms with E-state index in [0.29, 0.717) is 11.5 Å². The smallest absolute Gasteiger partial charge is 0.128 e. The third-order valence-electron chi connectivity index (χ3n) is 9.54. The van der Waals surface area contributed by atoms with E-state index in [0.717, 1.165) is 114 Å². The lowest BCUT2D eigenvalue weighted by Gasteiger charge is -2.29. The maximum atomic E-state index is 11.4. The quantitative estimate of drug-likeness (QED) is 0.337. The molecule has 2 aliphatic heterocycles. The van der Waals surface area contributed by atoms with Crippen molar-refractivity contribution in [3.05, 3.63) is 57.6 Å². The zero-order chi connectivity index (χ0) is 32.9. The molecule has 2 atom stereocenters. The highest BCUT2D eigenvalue weighted by atomic mass is 16.5. The maximum absolute atomic E-state index is 11.4. The summed E-state index contributed by atoms with van der Waals surface area (Å²) < 4.78 is 11.1. The number of benzene rings is 2. The number of rotatable bonds is 8. The molecule has 8 heteroatoms. The van der Waals surface area contributed by atoms with Crippen molar-refractivity contribution in [3.63, 3.8) is 0 Å². The molecule has 5 rings (SSSR count). The minimum atomic E-state index is -0.199. The van der Waals surface area contributed by atoms with Crippen LogP contribution in [0.1, 0.15) is 101 Å². The summed E-state index contributed by atoms with van der Waals surface area (Å²) >= 11 is 0. The number of phenolic OH excluding ortho intramolecular Hbond substituents is 2. The van der Waals surface area contributed by atoms with Gasteiger partial charge < -0.3 is 19.7 Å². The van der Waals surface area contributed by atoms with Crippen molar-refractivity contribution in [2.75, 3.05) is 52.6 Å². The van der Waals surface area contributed by atoms with Crippen molar-refractivity contribution in [3.8, 4) is 11.5 Å². The zero-order valence-corrected chi connectivity index (χ0v) is 29.0. The van der Waals surface area contributed by atoms with Gasteiger partial charge in [0.1, 0.15) is 11.5 Å². The summed E-state index contributed by atoms with van der Waals surface area (Å²) in [6.45, 7) is 21.2. The largest absolute Gasteiger partial charge is 0.507 e. The predicted molar refractivity (Wildman–Crippen MR) is 187 cm³/mol. The first kappa shape index (κ1) is 34.6. The highest BCUT2D eigenvalue weighted by Gasteiger charge is 2.26. The molecule has 46 heavy (non-hydrogen) atoms. The number of aliphatic imine (C=N–C) groups is 2. The molecule has 1 aliphatic carbocycles. The fourth-order valence-electron chi connectivity index (χ4n) is 6.79. The predicted octanol–water partition coefficient (Wildman–Crippen LogP) is 6.21. The first-order valence-electron chi connectivity index (χ1n) is 17.3. The monoisotopic (exact) mass is 632 g/mol. The van der Waals surface area contributed by atoms with Crippen molar-refractivity contribution < 1.29 is 19.7 Å². The van der Waals surface area contributed by atoms with Crippen LogP contribution in [0.25, 0.3) is 0 Å². The van der Waals surface area contributed by atoms with E-state index in [-0.39, 0.29) is 22.9 Å². The fourth-order valence-corrected chi connectivity index (χ4v) is 6.79. The lowest BCUT2D eigenvalue weighted by molar-refractivity contribution is 0.0341. The molecule has 2 aromatic rings. The summed E-state index contributed by atoms with van der Waals surface area (Å²) in [5, 5.41) is 22.8. The number of hydrogen-bond acceptors (Lipinski definition) is 8. The molecule has 2 N–H and O–H groups in total. The van der Waals surface area contributed by atoms with Gasteiger partial charge in [-0.2, -0.15) is 0 Å². The highest BCUT2D eigenvalue weighted by molar-refractivity contribution is 5.86. The van der Waals surface area contributed by atoms with Gasteiger partial charge in [-0.3, -0.25) is 19.8 Å². The SMILES string of the molecule is CC(C)(C)c1cc(CN2CCOCC2)cc(C=N[C@H]2CCCC[C@@H]2N=Cc2cc(CN3CCOCC3)cc(C(C)(C)C)c2O)c1O. The van der Waals surface area contributed by atoms with E-state index in [2.05, 4.69) is 75.6 Å². The number of nitrogens with zero attached hydrogens (tertiary/aromatic N) is 4. The van der Waals surface area contributed by atoms with E-state index in [1.54, 1.807) is 0 Å². The van der Waals surface area contributed by atoms with Crippen LogP contribution < -0.4 is 0 Å². The molecule has 252 valence electrons. The van der Waals surface area contributed by atoms with E-state index in [1.807, 2.05) is 12.4 Å². The van der Waals surface area contributed by atoms with Gasteiger partial charge in [-0.05, 0) is 46.9 Å². The summed E-state index contributed by atoms with van der Waals surface area (Å²) in [7, 11) is 0. The topological polar surface area (TPSA) is 90.1 Å².